The zero-order chi connectivity index (χ0) is 12.8. The summed E-state index contributed by atoms with van der Waals surface area (Å²) in [6.45, 7) is 2.15. The summed E-state index contributed by atoms with van der Waals surface area (Å²) in [4.78, 5) is 14.8. The summed E-state index contributed by atoms with van der Waals surface area (Å²) >= 11 is 0. The van der Waals surface area contributed by atoms with Crippen LogP contribution in [0.3, 0.4) is 0 Å². The number of anilines is 1. The van der Waals surface area contributed by atoms with Gasteiger partial charge in [-0.3, -0.25) is 9.78 Å². The first-order valence-corrected chi connectivity index (χ1v) is 5.73. The van der Waals surface area contributed by atoms with Gasteiger partial charge in [-0.25, -0.2) is 0 Å². The Balaban J connectivity index is 2.00. The second-order valence-corrected chi connectivity index (χ2v) is 3.92. The SMILES string of the molecule is CC(=O)CCNc1ccc(-c2cccnc2)nn1. The van der Waals surface area contributed by atoms with Crippen molar-refractivity contribution in [2.45, 2.75) is 13.3 Å². The number of nitrogens with zero attached hydrogens (tertiary/aromatic N) is 3. The molecule has 5 nitrogen and oxygen atoms in total. The standard InChI is InChI=1S/C13H14N4O/c1-10(18)6-8-15-13-5-4-12(16-17-13)11-3-2-7-14-9-11/h2-5,7,9H,6,8H2,1H3,(H,15,17). The summed E-state index contributed by atoms with van der Waals surface area (Å²) in [5.41, 5.74) is 1.71. The Labute approximate surface area is 105 Å². The van der Waals surface area contributed by atoms with Crippen molar-refractivity contribution < 1.29 is 4.79 Å². The molecule has 0 saturated carbocycles. The lowest BCUT2D eigenvalue weighted by atomic mass is 10.2. The zero-order valence-corrected chi connectivity index (χ0v) is 10.1. The summed E-state index contributed by atoms with van der Waals surface area (Å²) < 4.78 is 0. The van der Waals surface area contributed by atoms with E-state index in [1.165, 1.54) is 0 Å². The fourth-order valence-electron chi connectivity index (χ4n) is 1.46. The highest BCUT2D eigenvalue weighted by Crippen LogP contribution is 2.15. The summed E-state index contributed by atoms with van der Waals surface area (Å²) in [5, 5.41) is 11.2. The highest BCUT2D eigenvalue weighted by atomic mass is 16.1. The number of hydrogen-bond acceptors (Lipinski definition) is 5. The van der Waals surface area contributed by atoms with Gasteiger partial charge in [0.05, 0.1) is 5.69 Å². The Morgan fingerprint density at radius 3 is 2.78 bits per heavy atom. The van der Waals surface area contributed by atoms with E-state index in [9.17, 15) is 4.79 Å². The van der Waals surface area contributed by atoms with Crippen molar-refractivity contribution in [3.8, 4) is 11.3 Å². The van der Waals surface area contributed by atoms with E-state index in [1.54, 1.807) is 19.3 Å². The number of hydrogen-bond donors (Lipinski definition) is 1. The average Bonchev–Trinajstić information content (AvgIpc) is 2.40. The number of carbonyl (C=O) groups is 1. The summed E-state index contributed by atoms with van der Waals surface area (Å²) in [5.74, 6) is 0.825. The van der Waals surface area contributed by atoms with Gasteiger partial charge in [-0.05, 0) is 31.2 Å². The maximum Gasteiger partial charge on any atom is 0.148 e. The minimum atomic E-state index is 0.155. The molecule has 0 radical (unpaired) electrons. The Bertz CT molecular complexity index is 510. The van der Waals surface area contributed by atoms with E-state index in [1.807, 2.05) is 24.3 Å². The lowest BCUT2D eigenvalue weighted by molar-refractivity contribution is -0.116. The number of Topliss-reactive ketones (excluding diaryl/α,β-unsaturated/α-hetero) is 1. The molecule has 0 unspecified atom stereocenters. The van der Waals surface area contributed by atoms with Crippen LogP contribution in [0.4, 0.5) is 5.82 Å². The second-order valence-electron chi connectivity index (χ2n) is 3.92. The van der Waals surface area contributed by atoms with Gasteiger partial charge in [-0.15, -0.1) is 10.2 Å². The maximum absolute atomic E-state index is 10.8. The highest BCUT2D eigenvalue weighted by Gasteiger charge is 2.01. The monoisotopic (exact) mass is 242 g/mol. The van der Waals surface area contributed by atoms with Crippen LogP contribution < -0.4 is 5.32 Å². The van der Waals surface area contributed by atoms with E-state index < -0.39 is 0 Å². The number of nitrogens with one attached hydrogen (secondary N) is 1. The van der Waals surface area contributed by atoms with Crippen molar-refractivity contribution in [2.75, 3.05) is 11.9 Å². The Kier molecular flexibility index (Phi) is 3.96. The van der Waals surface area contributed by atoms with Crippen LogP contribution in [0.25, 0.3) is 11.3 Å². The Morgan fingerprint density at radius 1 is 1.28 bits per heavy atom. The van der Waals surface area contributed by atoms with E-state index >= 15 is 0 Å². The number of rotatable bonds is 5. The number of carbonyl (C=O) groups excluding carboxylic acids is 1. The predicted octanol–water partition coefficient (Wildman–Crippen LogP) is 1.93. The van der Waals surface area contributed by atoms with Crippen molar-refractivity contribution in [1.82, 2.24) is 15.2 Å². The molecular weight excluding hydrogens is 228 g/mol. The predicted molar refractivity (Wildman–Crippen MR) is 69.1 cm³/mol. The molecule has 0 bridgehead atoms. The second kappa shape index (κ2) is 5.86. The molecule has 92 valence electrons. The van der Waals surface area contributed by atoms with E-state index in [0.29, 0.717) is 18.8 Å². The molecule has 5 heteroatoms. The molecule has 1 N–H and O–H groups in total. The van der Waals surface area contributed by atoms with Crippen LogP contribution in [-0.4, -0.2) is 27.5 Å². The van der Waals surface area contributed by atoms with Gasteiger partial charge < -0.3 is 5.32 Å². The van der Waals surface area contributed by atoms with Gasteiger partial charge in [0.25, 0.3) is 0 Å². The third-order valence-electron chi connectivity index (χ3n) is 2.41. The fraction of sp³-hybridized carbons (Fsp3) is 0.231. The third-order valence-corrected chi connectivity index (χ3v) is 2.41. The van der Waals surface area contributed by atoms with Crippen molar-refractivity contribution in [3.63, 3.8) is 0 Å². The van der Waals surface area contributed by atoms with Gasteiger partial charge in [-0.1, -0.05) is 0 Å². The molecule has 2 rings (SSSR count). The highest BCUT2D eigenvalue weighted by molar-refractivity contribution is 5.75. The first kappa shape index (κ1) is 12.2. The molecule has 0 aromatic carbocycles. The molecule has 2 heterocycles. The topological polar surface area (TPSA) is 67.8 Å². The van der Waals surface area contributed by atoms with Crippen molar-refractivity contribution in [1.29, 1.82) is 0 Å². The van der Waals surface area contributed by atoms with E-state index in [0.717, 1.165) is 11.3 Å². The third kappa shape index (κ3) is 3.35. The first-order valence-electron chi connectivity index (χ1n) is 5.73. The maximum atomic E-state index is 10.8. The van der Waals surface area contributed by atoms with Crippen LogP contribution in [0.1, 0.15) is 13.3 Å². The van der Waals surface area contributed by atoms with Gasteiger partial charge in [0.2, 0.25) is 0 Å². The molecule has 2 aromatic rings. The van der Waals surface area contributed by atoms with Crippen molar-refractivity contribution in [3.05, 3.63) is 36.7 Å². The largest absolute Gasteiger partial charge is 0.368 e. The number of ketones is 1. The van der Waals surface area contributed by atoms with E-state index in [4.69, 9.17) is 0 Å². The quantitative estimate of drug-likeness (QED) is 0.867. The molecule has 0 saturated heterocycles. The van der Waals surface area contributed by atoms with Gasteiger partial charge in [0.15, 0.2) is 0 Å². The molecule has 2 aromatic heterocycles. The van der Waals surface area contributed by atoms with Gasteiger partial charge in [0, 0.05) is 30.9 Å². The molecule has 0 fully saturated rings. The van der Waals surface area contributed by atoms with Gasteiger partial charge in [0.1, 0.15) is 11.6 Å². The minimum absolute atomic E-state index is 0.155. The van der Waals surface area contributed by atoms with Crippen LogP contribution in [0.5, 0.6) is 0 Å². The minimum Gasteiger partial charge on any atom is -0.368 e. The normalized spacial score (nSPS) is 10.1. The van der Waals surface area contributed by atoms with Crippen LogP contribution in [0.2, 0.25) is 0 Å². The first-order chi connectivity index (χ1) is 8.75. The molecule has 0 spiro atoms. The molecule has 0 aliphatic rings. The number of aromatic nitrogens is 3. The smallest absolute Gasteiger partial charge is 0.148 e. The summed E-state index contributed by atoms with van der Waals surface area (Å²) in [6, 6.07) is 7.51. The van der Waals surface area contributed by atoms with Crippen LogP contribution in [0, 0.1) is 0 Å². The molecule has 0 aliphatic heterocycles. The molecule has 18 heavy (non-hydrogen) atoms. The van der Waals surface area contributed by atoms with Gasteiger partial charge >= 0.3 is 0 Å². The van der Waals surface area contributed by atoms with E-state index in [-0.39, 0.29) is 5.78 Å². The summed E-state index contributed by atoms with van der Waals surface area (Å²) in [6.07, 6.45) is 3.95. The molecular formula is C13H14N4O. The number of pyridine rings is 1. The molecule has 0 atom stereocenters. The Hall–Kier alpha value is -2.30. The van der Waals surface area contributed by atoms with E-state index in [2.05, 4.69) is 20.5 Å². The summed E-state index contributed by atoms with van der Waals surface area (Å²) in [7, 11) is 0. The zero-order valence-electron chi connectivity index (χ0n) is 10.1. The fourth-order valence-corrected chi connectivity index (χ4v) is 1.46. The average molecular weight is 242 g/mol. The lowest BCUT2D eigenvalue weighted by Gasteiger charge is -2.04. The van der Waals surface area contributed by atoms with Gasteiger partial charge in [-0.2, -0.15) is 0 Å². The van der Waals surface area contributed by atoms with Crippen LogP contribution in [0.15, 0.2) is 36.7 Å². The molecule has 0 amide bonds. The molecule has 0 aliphatic carbocycles. The van der Waals surface area contributed by atoms with Crippen LogP contribution >= 0.6 is 0 Å². The van der Waals surface area contributed by atoms with Crippen molar-refractivity contribution in [2.24, 2.45) is 0 Å². The lowest BCUT2D eigenvalue weighted by Crippen LogP contribution is -2.07. The van der Waals surface area contributed by atoms with Crippen molar-refractivity contribution >= 4 is 11.6 Å². The Morgan fingerprint density at radius 2 is 2.17 bits per heavy atom. The van der Waals surface area contributed by atoms with Crippen LogP contribution in [-0.2, 0) is 4.79 Å².